The molecule has 9 heteroatoms. The fourth-order valence-electron chi connectivity index (χ4n) is 3.82. The minimum Gasteiger partial charge on any atom is -0.447 e. The van der Waals surface area contributed by atoms with Gasteiger partial charge in [-0.25, -0.2) is 4.98 Å². The Balaban J connectivity index is 1.30. The SMILES string of the molecule is C[C@@H](NC(=O)c1coc(CN2CCN(c3cccc(C(F)(F)F)c3)CC2)n1)c1ccccc1. The Kier molecular flexibility index (Phi) is 6.69. The predicted molar refractivity (Wildman–Crippen MR) is 118 cm³/mol. The molecule has 3 aromatic rings. The van der Waals surface area contributed by atoms with E-state index < -0.39 is 11.7 Å². The number of nitrogens with zero attached hydrogens (tertiary/aromatic N) is 3. The summed E-state index contributed by atoms with van der Waals surface area (Å²) in [6.07, 6.45) is -3.01. The zero-order valence-corrected chi connectivity index (χ0v) is 18.2. The highest BCUT2D eigenvalue weighted by molar-refractivity contribution is 5.92. The number of hydrogen-bond acceptors (Lipinski definition) is 5. The third kappa shape index (κ3) is 5.73. The maximum absolute atomic E-state index is 13.0. The molecule has 0 radical (unpaired) electrons. The van der Waals surface area contributed by atoms with Crippen LogP contribution in [0.2, 0.25) is 0 Å². The van der Waals surface area contributed by atoms with Gasteiger partial charge in [0.05, 0.1) is 18.2 Å². The molecule has 1 aromatic heterocycles. The van der Waals surface area contributed by atoms with Crippen molar-refractivity contribution < 1.29 is 22.4 Å². The summed E-state index contributed by atoms with van der Waals surface area (Å²) in [7, 11) is 0. The van der Waals surface area contributed by atoms with Crippen molar-refractivity contribution in [3.63, 3.8) is 0 Å². The molecular weight excluding hydrogens is 433 g/mol. The van der Waals surface area contributed by atoms with Gasteiger partial charge >= 0.3 is 6.18 Å². The van der Waals surface area contributed by atoms with Crippen molar-refractivity contribution in [2.24, 2.45) is 0 Å². The molecule has 1 aliphatic heterocycles. The largest absolute Gasteiger partial charge is 0.447 e. The molecule has 1 saturated heterocycles. The van der Waals surface area contributed by atoms with E-state index in [2.05, 4.69) is 15.2 Å². The van der Waals surface area contributed by atoms with E-state index in [1.54, 1.807) is 6.07 Å². The number of hydrogen-bond donors (Lipinski definition) is 1. The second-order valence-corrected chi connectivity index (χ2v) is 8.04. The normalized spacial score (nSPS) is 15.9. The summed E-state index contributed by atoms with van der Waals surface area (Å²) >= 11 is 0. The van der Waals surface area contributed by atoms with E-state index >= 15 is 0 Å². The smallest absolute Gasteiger partial charge is 0.416 e. The van der Waals surface area contributed by atoms with Crippen molar-refractivity contribution in [1.29, 1.82) is 0 Å². The predicted octanol–water partition coefficient (Wildman–Crippen LogP) is 4.51. The lowest BCUT2D eigenvalue weighted by Gasteiger charge is -2.35. The van der Waals surface area contributed by atoms with Crippen molar-refractivity contribution in [3.8, 4) is 0 Å². The lowest BCUT2D eigenvalue weighted by atomic mass is 10.1. The third-order valence-corrected chi connectivity index (χ3v) is 5.70. The van der Waals surface area contributed by atoms with E-state index in [1.165, 1.54) is 18.4 Å². The molecular formula is C24H25F3N4O2. The molecule has 174 valence electrons. The summed E-state index contributed by atoms with van der Waals surface area (Å²) in [5.74, 6) is 0.121. The fourth-order valence-corrected chi connectivity index (χ4v) is 3.82. The minimum atomic E-state index is -4.36. The first kappa shape index (κ1) is 22.8. The molecule has 1 amide bonds. The summed E-state index contributed by atoms with van der Waals surface area (Å²) in [4.78, 5) is 20.8. The standard InChI is InChI=1S/C24H25F3N4O2/c1-17(18-6-3-2-4-7-18)28-23(32)21-16-33-22(29-21)15-30-10-12-31(13-11-30)20-9-5-8-19(14-20)24(25,26)27/h2-9,14,16-17H,10-13,15H2,1H3,(H,28,32)/t17-/m1/s1. The van der Waals surface area contributed by atoms with Crippen LogP contribution < -0.4 is 10.2 Å². The summed E-state index contributed by atoms with van der Waals surface area (Å²) in [5, 5.41) is 2.91. The number of benzene rings is 2. The Morgan fingerprint density at radius 1 is 1.09 bits per heavy atom. The first-order chi connectivity index (χ1) is 15.8. The Bertz CT molecular complexity index is 1080. The number of carbonyl (C=O) groups is 1. The molecule has 1 fully saturated rings. The number of nitrogens with one attached hydrogen (secondary N) is 1. The lowest BCUT2D eigenvalue weighted by molar-refractivity contribution is -0.137. The average molecular weight is 458 g/mol. The number of anilines is 1. The van der Waals surface area contributed by atoms with Crippen molar-refractivity contribution in [2.45, 2.75) is 25.7 Å². The van der Waals surface area contributed by atoms with Crippen molar-refractivity contribution in [1.82, 2.24) is 15.2 Å². The molecule has 2 heterocycles. The topological polar surface area (TPSA) is 61.6 Å². The minimum absolute atomic E-state index is 0.164. The monoisotopic (exact) mass is 458 g/mol. The third-order valence-electron chi connectivity index (χ3n) is 5.70. The molecule has 4 rings (SSSR count). The van der Waals surface area contributed by atoms with Crippen LogP contribution in [0.25, 0.3) is 0 Å². The van der Waals surface area contributed by atoms with Gasteiger partial charge in [0.1, 0.15) is 6.26 Å². The van der Waals surface area contributed by atoms with Gasteiger partial charge in [0.25, 0.3) is 5.91 Å². The summed E-state index contributed by atoms with van der Waals surface area (Å²) in [5.41, 5.74) is 1.13. The highest BCUT2D eigenvalue weighted by atomic mass is 19.4. The number of piperazine rings is 1. The number of carbonyl (C=O) groups excluding carboxylic acids is 1. The molecule has 33 heavy (non-hydrogen) atoms. The Labute approximate surface area is 190 Å². The second kappa shape index (κ2) is 9.66. The number of halogens is 3. The molecule has 0 bridgehead atoms. The quantitative estimate of drug-likeness (QED) is 0.589. The second-order valence-electron chi connectivity index (χ2n) is 8.04. The van der Waals surface area contributed by atoms with Crippen LogP contribution in [0.4, 0.5) is 18.9 Å². The van der Waals surface area contributed by atoms with E-state index in [1.807, 2.05) is 42.2 Å². The van der Waals surface area contributed by atoms with E-state index in [0.717, 1.165) is 11.6 Å². The number of rotatable bonds is 6. The summed E-state index contributed by atoms with van der Waals surface area (Å²) in [6.45, 7) is 4.79. The average Bonchev–Trinajstić information content (AvgIpc) is 3.28. The van der Waals surface area contributed by atoms with Gasteiger partial charge in [0.2, 0.25) is 5.89 Å². The number of oxazole rings is 1. The van der Waals surface area contributed by atoms with Gasteiger partial charge in [-0.3, -0.25) is 9.69 Å². The number of amides is 1. The van der Waals surface area contributed by atoms with Gasteiger partial charge < -0.3 is 14.6 Å². The molecule has 2 aromatic carbocycles. The van der Waals surface area contributed by atoms with E-state index in [-0.39, 0.29) is 17.6 Å². The number of aromatic nitrogens is 1. The molecule has 0 saturated carbocycles. The molecule has 1 N–H and O–H groups in total. The van der Waals surface area contributed by atoms with Crippen LogP contribution in [-0.2, 0) is 12.7 Å². The van der Waals surface area contributed by atoms with Gasteiger partial charge in [-0.05, 0) is 30.7 Å². The fraction of sp³-hybridized carbons (Fsp3) is 0.333. The Hall–Kier alpha value is -3.33. The highest BCUT2D eigenvalue weighted by Crippen LogP contribution is 2.32. The first-order valence-electron chi connectivity index (χ1n) is 10.7. The molecule has 1 atom stereocenters. The van der Waals surface area contributed by atoms with Crippen LogP contribution in [0.1, 0.15) is 40.5 Å². The Morgan fingerprint density at radius 3 is 2.52 bits per heavy atom. The summed E-state index contributed by atoms with van der Waals surface area (Å²) in [6, 6.07) is 14.9. The lowest BCUT2D eigenvalue weighted by Crippen LogP contribution is -2.46. The van der Waals surface area contributed by atoms with Gasteiger partial charge in [-0.15, -0.1) is 0 Å². The van der Waals surface area contributed by atoms with E-state index in [4.69, 9.17) is 4.42 Å². The van der Waals surface area contributed by atoms with Gasteiger partial charge in [0.15, 0.2) is 5.69 Å². The molecule has 0 spiro atoms. The van der Waals surface area contributed by atoms with Crippen molar-refractivity contribution in [2.75, 3.05) is 31.1 Å². The van der Waals surface area contributed by atoms with Crippen LogP contribution >= 0.6 is 0 Å². The van der Waals surface area contributed by atoms with Crippen LogP contribution in [-0.4, -0.2) is 42.0 Å². The van der Waals surface area contributed by atoms with Gasteiger partial charge in [0, 0.05) is 31.9 Å². The van der Waals surface area contributed by atoms with Crippen LogP contribution in [0, 0.1) is 0 Å². The summed E-state index contributed by atoms with van der Waals surface area (Å²) < 4.78 is 44.4. The van der Waals surface area contributed by atoms with Gasteiger partial charge in [-0.1, -0.05) is 36.4 Å². The van der Waals surface area contributed by atoms with E-state index in [0.29, 0.717) is 44.3 Å². The maximum atomic E-state index is 13.0. The molecule has 0 aliphatic carbocycles. The van der Waals surface area contributed by atoms with Crippen LogP contribution in [0.3, 0.4) is 0 Å². The van der Waals surface area contributed by atoms with Crippen molar-refractivity contribution >= 4 is 11.6 Å². The zero-order valence-electron chi connectivity index (χ0n) is 18.2. The zero-order chi connectivity index (χ0) is 23.4. The number of alkyl halides is 3. The van der Waals surface area contributed by atoms with Crippen LogP contribution in [0.5, 0.6) is 0 Å². The molecule has 6 nitrogen and oxygen atoms in total. The van der Waals surface area contributed by atoms with Gasteiger partial charge in [-0.2, -0.15) is 13.2 Å². The van der Waals surface area contributed by atoms with Crippen LogP contribution in [0.15, 0.2) is 65.3 Å². The highest BCUT2D eigenvalue weighted by Gasteiger charge is 2.31. The Morgan fingerprint density at radius 2 is 1.82 bits per heavy atom. The first-order valence-corrected chi connectivity index (χ1v) is 10.7. The molecule has 1 aliphatic rings. The molecule has 0 unspecified atom stereocenters. The van der Waals surface area contributed by atoms with E-state index in [9.17, 15) is 18.0 Å². The van der Waals surface area contributed by atoms with Crippen molar-refractivity contribution in [3.05, 3.63) is 83.6 Å². The maximum Gasteiger partial charge on any atom is 0.416 e.